The maximum absolute atomic E-state index is 12.9. The fraction of sp³-hybridized carbons (Fsp3) is 0.0952. The summed E-state index contributed by atoms with van der Waals surface area (Å²) >= 11 is 0. The molecule has 2 N–H and O–H groups in total. The van der Waals surface area contributed by atoms with Crippen LogP contribution in [-0.2, 0) is 10.0 Å². The van der Waals surface area contributed by atoms with Crippen molar-refractivity contribution < 1.29 is 22.3 Å². The van der Waals surface area contributed by atoms with E-state index in [0.717, 1.165) is 0 Å². The lowest BCUT2D eigenvalue weighted by Gasteiger charge is -2.10. The standard InChI is InChI=1S/C21H19FN2O4S/c1-2-28-19-11-7-18(8-12-19)24-29(26,27)20-13-9-17(10-14-20)23-21(25)15-3-5-16(22)6-4-15/h3-14,24H,2H2,1H3,(H,23,25). The number of ether oxygens (including phenoxy) is 1. The van der Waals surface area contributed by atoms with Crippen LogP contribution in [0, 0.1) is 5.82 Å². The Morgan fingerprint density at radius 2 is 1.48 bits per heavy atom. The summed E-state index contributed by atoms with van der Waals surface area (Å²) in [5, 5.41) is 2.63. The molecule has 0 radical (unpaired) electrons. The minimum absolute atomic E-state index is 0.0474. The SMILES string of the molecule is CCOc1ccc(NS(=O)(=O)c2ccc(NC(=O)c3ccc(F)cc3)cc2)cc1. The summed E-state index contributed by atoms with van der Waals surface area (Å²) in [5.41, 5.74) is 1.11. The van der Waals surface area contributed by atoms with Gasteiger partial charge in [-0.05, 0) is 79.7 Å². The lowest BCUT2D eigenvalue weighted by Crippen LogP contribution is -2.14. The summed E-state index contributed by atoms with van der Waals surface area (Å²) in [6.07, 6.45) is 0. The zero-order valence-electron chi connectivity index (χ0n) is 15.6. The van der Waals surface area contributed by atoms with Crippen LogP contribution in [0.3, 0.4) is 0 Å². The molecule has 29 heavy (non-hydrogen) atoms. The van der Waals surface area contributed by atoms with Crippen LogP contribution in [0.15, 0.2) is 77.7 Å². The molecule has 3 aromatic carbocycles. The minimum atomic E-state index is -3.79. The van der Waals surface area contributed by atoms with E-state index in [-0.39, 0.29) is 4.90 Å². The highest BCUT2D eigenvalue weighted by Gasteiger charge is 2.15. The van der Waals surface area contributed by atoms with Crippen LogP contribution in [0.1, 0.15) is 17.3 Å². The second kappa shape index (κ2) is 8.74. The first kappa shape index (κ1) is 20.3. The second-order valence-corrected chi connectivity index (χ2v) is 7.73. The lowest BCUT2D eigenvalue weighted by atomic mass is 10.2. The van der Waals surface area contributed by atoms with Crippen molar-refractivity contribution in [1.82, 2.24) is 0 Å². The minimum Gasteiger partial charge on any atom is -0.494 e. The van der Waals surface area contributed by atoms with Gasteiger partial charge in [0.2, 0.25) is 0 Å². The summed E-state index contributed by atoms with van der Waals surface area (Å²) in [4.78, 5) is 12.2. The topological polar surface area (TPSA) is 84.5 Å². The van der Waals surface area contributed by atoms with Crippen molar-refractivity contribution in [3.8, 4) is 5.75 Å². The number of hydrogen-bond donors (Lipinski definition) is 2. The maximum Gasteiger partial charge on any atom is 0.261 e. The van der Waals surface area contributed by atoms with Crippen LogP contribution in [0.4, 0.5) is 15.8 Å². The average molecular weight is 414 g/mol. The molecule has 0 aliphatic carbocycles. The molecule has 0 aromatic heterocycles. The summed E-state index contributed by atoms with van der Waals surface area (Å²) < 4.78 is 45.8. The number of amides is 1. The van der Waals surface area contributed by atoms with Crippen LogP contribution in [0.25, 0.3) is 0 Å². The van der Waals surface area contributed by atoms with Gasteiger partial charge in [0.25, 0.3) is 15.9 Å². The molecule has 3 rings (SSSR count). The van der Waals surface area contributed by atoms with Crippen molar-refractivity contribution in [3.05, 3.63) is 84.2 Å². The normalized spacial score (nSPS) is 11.0. The highest BCUT2D eigenvalue weighted by molar-refractivity contribution is 7.92. The quantitative estimate of drug-likeness (QED) is 0.604. The number of benzene rings is 3. The predicted octanol–water partition coefficient (Wildman–Crippen LogP) is 4.28. The van der Waals surface area contributed by atoms with Gasteiger partial charge in [0.15, 0.2) is 0 Å². The van der Waals surface area contributed by atoms with Crippen LogP contribution >= 0.6 is 0 Å². The molecule has 8 heteroatoms. The van der Waals surface area contributed by atoms with Crippen molar-refractivity contribution in [3.63, 3.8) is 0 Å². The molecule has 0 heterocycles. The van der Waals surface area contributed by atoms with Gasteiger partial charge in [-0.15, -0.1) is 0 Å². The molecule has 0 fully saturated rings. The van der Waals surface area contributed by atoms with Gasteiger partial charge in [0.1, 0.15) is 11.6 Å². The lowest BCUT2D eigenvalue weighted by molar-refractivity contribution is 0.102. The molecule has 0 spiro atoms. The average Bonchev–Trinajstić information content (AvgIpc) is 2.70. The molecule has 0 aliphatic heterocycles. The Bertz CT molecular complexity index is 1080. The number of hydrogen-bond acceptors (Lipinski definition) is 4. The highest BCUT2D eigenvalue weighted by Crippen LogP contribution is 2.21. The van der Waals surface area contributed by atoms with Crippen molar-refractivity contribution in [2.45, 2.75) is 11.8 Å². The van der Waals surface area contributed by atoms with E-state index in [1.54, 1.807) is 24.3 Å². The molecule has 150 valence electrons. The number of rotatable bonds is 7. The van der Waals surface area contributed by atoms with Crippen molar-refractivity contribution in [2.24, 2.45) is 0 Å². The van der Waals surface area contributed by atoms with E-state index in [4.69, 9.17) is 4.74 Å². The first-order valence-corrected chi connectivity index (χ1v) is 10.3. The number of anilines is 2. The molecule has 0 aliphatic rings. The zero-order valence-corrected chi connectivity index (χ0v) is 16.4. The van der Waals surface area contributed by atoms with Crippen molar-refractivity contribution >= 4 is 27.3 Å². The van der Waals surface area contributed by atoms with Crippen LogP contribution in [0.2, 0.25) is 0 Å². The fourth-order valence-electron chi connectivity index (χ4n) is 2.52. The first-order chi connectivity index (χ1) is 13.9. The van der Waals surface area contributed by atoms with Crippen molar-refractivity contribution in [1.29, 1.82) is 0 Å². The molecule has 0 bridgehead atoms. The van der Waals surface area contributed by atoms with Gasteiger partial charge in [-0.3, -0.25) is 9.52 Å². The van der Waals surface area contributed by atoms with Gasteiger partial charge in [0, 0.05) is 16.9 Å². The summed E-state index contributed by atoms with van der Waals surface area (Å²) in [6.45, 7) is 2.39. The van der Waals surface area contributed by atoms with Gasteiger partial charge < -0.3 is 10.1 Å². The molecule has 0 unspecified atom stereocenters. The first-order valence-electron chi connectivity index (χ1n) is 8.80. The summed E-state index contributed by atoms with van der Waals surface area (Å²) in [5.74, 6) is -0.207. The molecule has 0 atom stereocenters. The van der Waals surface area contributed by atoms with Gasteiger partial charge >= 0.3 is 0 Å². The third kappa shape index (κ3) is 5.32. The van der Waals surface area contributed by atoms with E-state index in [0.29, 0.717) is 29.3 Å². The van der Waals surface area contributed by atoms with E-state index in [9.17, 15) is 17.6 Å². The Morgan fingerprint density at radius 3 is 2.07 bits per heavy atom. The number of carbonyl (C=O) groups is 1. The Hall–Kier alpha value is -3.39. The molecule has 1 amide bonds. The fourth-order valence-corrected chi connectivity index (χ4v) is 3.58. The highest BCUT2D eigenvalue weighted by atomic mass is 32.2. The van der Waals surface area contributed by atoms with Crippen LogP contribution < -0.4 is 14.8 Å². The van der Waals surface area contributed by atoms with Gasteiger partial charge in [-0.2, -0.15) is 0 Å². The van der Waals surface area contributed by atoms with E-state index < -0.39 is 21.7 Å². The van der Waals surface area contributed by atoms with E-state index >= 15 is 0 Å². The van der Waals surface area contributed by atoms with Crippen molar-refractivity contribution in [2.75, 3.05) is 16.6 Å². The maximum atomic E-state index is 12.9. The zero-order chi connectivity index (χ0) is 20.9. The Labute approximate surface area is 168 Å². The molecule has 3 aromatic rings. The van der Waals surface area contributed by atoms with Crippen LogP contribution in [-0.4, -0.2) is 20.9 Å². The van der Waals surface area contributed by atoms with E-state index in [2.05, 4.69) is 10.0 Å². The van der Waals surface area contributed by atoms with Gasteiger partial charge in [-0.1, -0.05) is 0 Å². The van der Waals surface area contributed by atoms with E-state index in [1.165, 1.54) is 48.5 Å². The molecule has 6 nitrogen and oxygen atoms in total. The number of sulfonamides is 1. The summed E-state index contributed by atoms with van der Waals surface area (Å²) in [6, 6.07) is 17.4. The second-order valence-electron chi connectivity index (χ2n) is 6.05. The molecular formula is C21H19FN2O4S. The smallest absolute Gasteiger partial charge is 0.261 e. The van der Waals surface area contributed by atoms with Gasteiger partial charge in [-0.25, -0.2) is 12.8 Å². The predicted molar refractivity (Wildman–Crippen MR) is 109 cm³/mol. The molecule has 0 saturated carbocycles. The van der Waals surface area contributed by atoms with Gasteiger partial charge in [0.05, 0.1) is 11.5 Å². The Morgan fingerprint density at radius 1 is 0.897 bits per heavy atom. The summed E-state index contributed by atoms with van der Waals surface area (Å²) in [7, 11) is -3.79. The Balaban J connectivity index is 1.68. The third-order valence-corrected chi connectivity index (χ3v) is 5.34. The number of halogens is 1. The molecular weight excluding hydrogens is 395 g/mol. The number of nitrogens with one attached hydrogen (secondary N) is 2. The van der Waals surface area contributed by atoms with E-state index in [1.807, 2.05) is 6.92 Å². The molecule has 0 saturated heterocycles. The largest absolute Gasteiger partial charge is 0.494 e. The van der Waals surface area contributed by atoms with Crippen LogP contribution in [0.5, 0.6) is 5.75 Å². The third-order valence-electron chi connectivity index (χ3n) is 3.95. The Kier molecular flexibility index (Phi) is 6.13. The number of carbonyl (C=O) groups excluding carboxylic acids is 1. The monoisotopic (exact) mass is 414 g/mol.